The summed E-state index contributed by atoms with van der Waals surface area (Å²) in [5, 5.41) is 7.40. The molecule has 3 aromatic rings. The standard InChI is InChI=1S/C19H18N4O3/c1-11-3-4-13(19(25)26-2)9-14(11)15-7-8-17-20-16(10-23(17)22-15)21-18(24)12-5-6-12/h3-4,7-10,12H,5-6H2,1-2H3,(H,21,24). The number of methoxy groups -OCH3 is 1. The summed E-state index contributed by atoms with van der Waals surface area (Å²) in [7, 11) is 1.36. The van der Waals surface area contributed by atoms with Gasteiger partial charge >= 0.3 is 5.97 Å². The quantitative estimate of drug-likeness (QED) is 0.731. The van der Waals surface area contributed by atoms with Crippen LogP contribution in [0.1, 0.15) is 28.8 Å². The molecule has 0 unspecified atom stereocenters. The van der Waals surface area contributed by atoms with Crippen molar-refractivity contribution in [2.24, 2.45) is 5.92 Å². The molecule has 1 saturated carbocycles. The number of anilines is 1. The van der Waals surface area contributed by atoms with Gasteiger partial charge in [-0.05, 0) is 49.6 Å². The number of nitrogens with zero attached hydrogens (tertiary/aromatic N) is 3. The number of ether oxygens (including phenoxy) is 1. The van der Waals surface area contributed by atoms with Crippen LogP contribution in [-0.2, 0) is 9.53 Å². The van der Waals surface area contributed by atoms with Crippen LogP contribution in [-0.4, -0.2) is 33.6 Å². The zero-order valence-electron chi connectivity index (χ0n) is 14.5. The summed E-state index contributed by atoms with van der Waals surface area (Å²) < 4.78 is 6.41. The number of hydrogen-bond donors (Lipinski definition) is 1. The van der Waals surface area contributed by atoms with E-state index in [4.69, 9.17) is 4.74 Å². The van der Waals surface area contributed by atoms with Crippen LogP contribution in [0.15, 0.2) is 36.5 Å². The maximum absolute atomic E-state index is 11.9. The Morgan fingerprint density at radius 1 is 1.23 bits per heavy atom. The number of amides is 1. The van der Waals surface area contributed by atoms with Gasteiger partial charge in [-0.15, -0.1) is 0 Å². The highest BCUT2D eigenvalue weighted by molar-refractivity contribution is 5.93. The van der Waals surface area contributed by atoms with Gasteiger partial charge in [-0.1, -0.05) is 6.07 Å². The number of aromatic nitrogens is 3. The Morgan fingerprint density at radius 3 is 2.77 bits per heavy atom. The largest absolute Gasteiger partial charge is 0.465 e. The summed E-state index contributed by atoms with van der Waals surface area (Å²) in [5.74, 6) is 0.230. The van der Waals surface area contributed by atoms with Crippen molar-refractivity contribution in [3.63, 3.8) is 0 Å². The molecule has 1 aliphatic carbocycles. The Bertz CT molecular complexity index is 1020. The molecular weight excluding hydrogens is 332 g/mol. The lowest BCUT2D eigenvalue weighted by Crippen LogP contribution is -2.13. The highest BCUT2D eigenvalue weighted by atomic mass is 16.5. The molecule has 0 atom stereocenters. The predicted molar refractivity (Wildman–Crippen MR) is 95.9 cm³/mol. The molecule has 1 amide bonds. The van der Waals surface area contributed by atoms with Crippen molar-refractivity contribution >= 4 is 23.3 Å². The number of aryl methyl sites for hydroxylation is 1. The first kappa shape index (κ1) is 16.3. The molecule has 2 heterocycles. The van der Waals surface area contributed by atoms with Gasteiger partial charge in [0.25, 0.3) is 0 Å². The molecule has 1 aromatic carbocycles. The summed E-state index contributed by atoms with van der Waals surface area (Å²) in [5.41, 5.74) is 3.65. The number of carbonyl (C=O) groups is 2. The van der Waals surface area contributed by atoms with Crippen LogP contribution in [0.25, 0.3) is 16.9 Å². The molecule has 1 aliphatic rings. The van der Waals surface area contributed by atoms with Gasteiger partial charge in [0, 0.05) is 11.5 Å². The average Bonchev–Trinajstić information content (AvgIpc) is 3.42. The zero-order valence-corrected chi connectivity index (χ0v) is 14.5. The number of carbonyl (C=O) groups excluding carboxylic acids is 2. The van der Waals surface area contributed by atoms with Crippen molar-refractivity contribution < 1.29 is 14.3 Å². The number of rotatable bonds is 4. The maximum Gasteiger partial charge on any atom is 0.337 e. The normalized spacial score (nSPS) is 13.6. The van der Waals surface area contributed by atoms with Crippen molar-refractivity contribution in [2.45, 2.75) is 19.8 Å². The van der Waals surface area contributed by atoms with E-state index >= 15 is 0 Å². The molecule has 0 saturated heterocycles. The summed E-state index contributed by atoms with van der Waals surface area (Å²) in [6, 6.07) is 9.04. The Hall–Kier alpha value is -3.22. The summed E-state index contributed by atoms with van der Waals surface area (Å²) >= 11 is 0. The predicted octanol–water partition coefficient (Wildman–Crippen LogP) is 2.84. The second-order valence-electron chi connectivity index (χ2n) is 6.43. The maximum atomic E-state index is 11.9. The molecule has 0 aliphatic heterocycles. The average molecular weight is 350 g/mol. The molecule has 1 N–H and O–H groups in total. The van der Waals surface area contributed by atoms with Crippen LogP contribution >= 0.6 is 0 Å². The van der Waals surface area contributed by atoms with Crippen LogP contribution in [0.4, 0.5) is 5.82 Å². The van der Waals surface area contributed by atoms with Gasteiger partial charge in [-0.3, -0.25) is 4.79 Å². The fraction of sp³-hybridized carbons (Fsp3) is 0.263. The molecule has 1 fully saturated rings. The Balaban J connectivity index is 1.68. The van der Waals surface area contributed by atoms with Crippen molar-refractivity contribution in [1.29, 1.82) is 0 Å². The van der Waals surface area contributed by atoms with Crippen LogP contribution in [0, 0.1) is 12.8 Å². The monoisotopic (exact) mass is 350 g/mol. The van der Waals surface area contributed by atoms with Crippen molar-refractivity contribution in [3.05, 3.63) is 47.7 Å². The molecular formula is C19H18N4O3. The summed E-state index contributed by atoms with van der Waals surface area (Å²) in [4.78, 5) is 28.1. The van der Waals surface area contributed by atoms with Gasteiger partial charge in [0.05, 0.1) is 24.6 Å². The molecule has 0 spiro atoms. The summed E-state index contributed by atoms with van der Waals surface area (Å²) in [6.45, 7) is 1.96. The Labute approximate surface area is 150 Å². The SMILES string of the molecule is COC(=O)c1ccc(C)c(-c2ccc3nc(NC(=O)C4CC4)cn3n2)c1. The minimum absolute atomic E-state index is 0.00949. The highest BCUT2D eigenvalue weighted by Crippen LogP contribution is 2.30. The zero-order chi connectivity index (χ0) is 18.3. The molecule has 0 bridgehead atoms. The van der Waals surface area contributed by atoms with Crippen molar-refractivity contribution in [3.8, 4) is 11.3 Å². The van der Waals surface area contributed by atoms with Crippen LogP contribution < -0.4 is 5.32 Å². The third-order valence-electron chi connectivity index (χ3n) is 4.45. The van der Waals surface area contributed by atoms with E-state index in [0.717, 1.165) is 24.0 Å². The molecule has 132 valence electrons. The molecule has 7 nitrogen and oxygen atoms in total. The molecule has 7 heteroatoms. The first-order valence-corrected chi connectivity index (χ1v) is 8.42. The second kappa shape index (κ2) is 6.25. The first-order chi connectivity index (χ1) is 12.5. The van der Waals surface area contributed by atoms with Crippen LogP contribution in [0.5, 0.6) is 0 Å². The minimum atomic E-state index is -0.389. The molecule has 0 radical (unpaired) electrons. The molecule has 26 heavy (non-hydrogen) atoms. The van der Waals surface area contributed by atoms with Gasteiger partial charge < -0.3 is 10.1 Å². The lowest BCUT2D eigenvalue weighted by Gasteiger charge is -2.08. The lowest BCUT2D eigenvalue weighted by atomic mass is 10.0. The van der Waals surface area contributed by atoms with E-state index in [0.29, 0.717) is 22.7 Å². The minimum Gasteiger partial charge on any atom is -0.465 e. The fourth-order valence-electron chi connectivity index (χ4n) is 2.80. The van der Waals surface area contributed by atoms with Gasteiger partial charge in [0.2, 0.25) is 5.91 Å². The van der Waals surface area contributed by atoms with E-state index in [2.05, 4.69) is 15.4 Å². The Kier molecular flexibility index (Phi) is 3.91. The van der Waals surface area contributed by atoms with E-state index in [9.17, 15) is 9.59 Å². The number of esters is 1. The van der Waals surface area contributed by atoms with Crippen LogP contribution in [0.2, 0.25) is 0 Å². The third kappa shape index (κ3) is 3.03. The summed E-state index contributed by atoms with van der Waals surface area (Å²) in [6.07, 6.45) is 3.58. The van der Waals surface area contributed by atoms with E-state index in [1.54, 1.807) is 22.8 Å². The molecule has 4 rings (SSSR count). The number of imidazole rings is 1. The van der Waals surface area contributed by atoms with Gasteiger partial charge in [-0.2, -0.15) is 5.10 Å². The highest BCUT2D eigenvalue weighted by Gasteiger charge is 2.30. The fourth-order valence-corrected chi connectivity index (χ4v) is 2.80. The number of fused-ring (bicyclic) bond motifs is 1. The second-order valence-corrected chi connectivity index (χ2v) is 6.43. The third-order valence-corrected chi connectivity index (χ3v) is 4.45. The molecule has 2 aromatic heterocycles. The topological polar surface area (TPSA) is 85.6 Å². The number of nitrogens with one attached hydrogen (secondary N) is 1. The van der Waals surface area contributed by atoms with Gasteiger partial charge in [0.15, 0.2) is 11.5 Å². The van der Waals surface area contributed by atoms with Crippen molar-refractivity contribution in [2.75, 3.05) is 12.4 Å². The van der Waals surface area contributed by atoms with E-state index in [-0.39, 0.29) is 17.8 Å². The van der Waals surface area contributed by atoms with Gasteiger partial charge in [0.1, 0.15) is 0 Å². The lowest BCUT2D eigenvalue weighted by molar-refractivity contribution is -0.117. The number of benzene rings is 1. The van der Waals surface area contributed by atoms with Crippen LogP contribution in [0.3, 0.4) is 0 Å². The van der Waals surface area contributed by atoms with E-state index < -0.39 is 0 Å². The Morgan fingerprint density at radius 2 is 2.04 bits per heavy atom. The smallest absolute Gasteiger partial charge is 0.337 e. The van der Waals surface area contributed by atoms with Gasteiger partial charge in [-0.25, -0.2) is 14.3 Å². The first-order valence-electron chi connectivity index (χ1n) is 8.42. The van der Waals surface area contributed by atoms with E-state index in [1.165, 1.54) is 7.11 Å². The van der Waals surface area contributed by atoms with E-state index in [1.807, 2.05) is 25.1 Å². The van der Waals surface area contributed by atoms with Crippen molar-refractivity contribution in [1.82, 2.24) is 14.6 Å². The number of hydrogen-bond acceptors (Lipinski definition) is 5.